The van der Waals surface area contributed by atoms with E-state index in [9.17, 15) is 57.8 Å². The highest BCUT2D eigenvalue weighted by atomic mass is 16.3. The average molecular weight is 1160 g/mol. The quantitative estimate of drug-likeness (QED) is 0.0273. The molecule has 4 rings (SSSR count). The zero-order valence-corrected chi connectivity index (χ0v) is 48.3. The van der Waals surface area contributed by atoms with Crippen LogP contribution in [-0.4, -0.2) is 146 Å². The molecule has 0 fully saturated rings. The van der Waals surface area contributed by atoms with Gasteiger partial charge in [-0.2, -0.15) is 0 Å². The summed E-state index contributed by atoms with van der Waals surface area (Å²) in [5, 5.41) is 35.5. The number of para-hydroxylation sites is 1. The highest BCUT2D eigenvalue weighted by Gasteiger charge is 2.35. The van der Waals surface area contributed by atoms with Crippen molar-refractivity contribution < 1.29 is 57.8 Å². The smallest absolute Gasteiger partial charge is 0.243 e. The molecule has 0 aliphatic carbocycles. The highest BCUT2D eigenvalue weighted by Crippen LogP contribution is 2.20. The number of hydrogen-bond donors (Lipinski definition) is 14. The van der Waals surface area contributed by atoms with Gasteiger partial charge in [0.1, 0.15) is 42.3 Å². The molecule has 0 aliphatic heterocycles. The Balaban J connectivity index is 1.46. The number of benzene rings is 2. The van der Waals surface area contributed by atoms with Gasteiger partial charge in [0.25, 0.3) is 0 Å². The van der Waals surface area contributed by atoms with Crippen molar-refractivity contribution in [1.29, 1.82) is 0 Å². The molecule has 0 spiro atoms. The number of hydrogen-bond acceptors (Lipinski definition) is 13. The van der Waals surface area contributed by atoms with E-state index in [4.69, 9.17) is 11.5 Å². The molecule has 2 aromatic heterocycles. The largest absolute Gasteiger partial charge is 0.390 e. The Bertz CT molecular complexity index is 2860. The van der Waals surface area contributed by atoms with Crippen LogP contribution in [0.25, 0.3) is 10.9 Å². The van der Waals surface area contributed by atoms with Gasteiger partial charge in [-0.1, -0.05) is 90.1 Å². The van der Waals surface area contributed by atoms with E-state index in [0.29, 0.717) is 16.8 Å². The van der Waals surface area contributed by atoms with E-state index in [1.54, 1.807) is 68.6 Å². The minimum atomic E-state index is -1.43. The highest BCUT2D eigenvalue weighted by molar-refractivity contribution is 5.98. The number of aliphatic hydroxyl groups excluding tert-OH is 1. The molecule has 2 heterocycles. The number of imidazole rings is 1. The van der Waals surface area contributed by atoms with E-state index in [0.717, 1.165) is 10.9 Å². The lowest BCUT2D eigenvalue weighted by Gasteiger charge is -2.28. The Hall–Kier alpha value is -8.68. The van der Waals surface area contributed by atoms with E-state index in [2.05, 4.69) is 62.8 Å². The number of fused-ring (bicyclic) bond motifs is 1. The van der Waals surface area contributed by atoms with E-state index in [1.165, 1.54) is 26.4 Å². The van der Waals surface area contributed by atoms with Crippen LogP contribution in [0.5, 0.6) is 0 Å². The van der Waals surface area contributed by atoms with Crippen LogP contribution in [0.1, 0.15) is 104 Å². The van der Waals surface area contributed by atoms with Crippen LogP contribution in [-0.2, 0) is 72.0 Å². The molecular weight excluding hydrogens is 1070 g/mol. The standard InChI is InChI=1S/C57H82N14O12/c1-30(2)20-41(46(73)25-48(75)66-42(51(59)77)21-31(3)4)69-56(82)45(24-37-27-60-29-63-37)67-49(76)28-62-57(83)50(32(5)6)71-52(78)33(7)64-54(80)44(23-36-26-61-39-17-13-12-16-38(36)39)70-53(79)40(18-19-47(58)74)68-55(81)43(65-34(8)72)22-35-14-10-9-11-15-35/h9-17,26-27,29-33,40-46,50,61,73H,18-25,28H2,1-8H3,(H2,58,74)(H2,59,77)(H,60,63)(H,62,83)(H,64,80)(H,65,72)(H,66,75)(H,67,76)(H,68,81)(H,69,82)(H,70,79)(H,71,78)/t33?,40?,41?,42-,43?,44-,45-,46-,50-/m0/s1. The topological polar surface area (TPSA) is 413 Å². The molecule has 4 aromatic rings. The Labute approximate surface area is 482 Å². The summed E-state index contributed by atoms with van der Waals surface area (Å²) in [6.45, 7) is 12.6. The number of nitrogens with one attached hydrogen (secondary N) is 11. The van der Waals surface area contributed by atoms with Crippen LogP contribution in [0.2, 0.25) is 0 Å². The summed E-state index contributed by atoms with van der Waals surface area (Å²) in [6, 6.07) is 6.20. The van der Waals surface area contributed by atoms with E-state index < -0.39 is 138 Å². The van der Waals surface area contributed by atoms with Crippen molar-refractivity contribution >= 4 is 75.9 Å². The number of carbonyl (C=O) groups is 11. The van der Waals surface area contributed by atoms with Gasteiger partial charge >= 0.3 is 0 Å². The van der Waals surface area contributed by atoms with Crippen molar-refractivity contribution in [2.45, 2.75) is 161 Å². The fraction of sp³-hybridized carbons (Fsp3) is 0.509. The molecule has 11 amide bonds. The Morgan fingerprint density at radius 1 is 0.590 bits per heavy atom. The third kappa shape index (κ3) is 22.6. The molecule has 9 atom stereocenters. The molecule has 26 heteroatoms. The maximum absolute atomic E-state index is 14.3. The first-order chi connectivity index (χ1) is 39.2. The van der Waals surface area contributed by atoms with Crippen LogP contribution in [0.4, 0.5) is 0 Å². The van der Waals surface area contributed by atoms with Gasteiger partial charge in [-0.15, -0.1) is 0 Å². The van der Waals surface area contributed by atoms with Gasteiger partial charge in [0, 0.05) is 55.9 Å². The third-order valence-electron chi connectivity index (χ3n) is 13.4. The van der Waals surface area contributed by atoms with Crippen LogP contribution in [0.3, 0.4) is 0 Å². The second-order valence-electron chi connectivity index (χ2n) is 21.9. The molecular formula is C57H82N14O12. The summed E-state index contributed by atoms with van der Waals surface area (Å²) in [4.78, 5) is 157. The van der Waals surface area contributed by atoms with E-state index in [1.807, 2.05) is 33.8 Å². The van der Waals surface area contributed by atoms with Crippen molar-refractivity contribution in [2.24, 2.45) is 29.2 Å². The number of carbonyl (C=O) groups excluding carboxylic acids is 11. The van der Waals surface area contributed by atoms with E-state index >= 15 is 0 Å². The van der Waals surface area contributed by atoms with Gasteiger partial charge in [-0.25, -0.2) is 4.98 Å². The number of nitrogens with zero attached hydrogens (tertiary/aromatic N) is 1. The van der Waals surface area contributed by atoms with Crippen molar-refractivity contribution in [3.8, 4) is 0 Å². The molecule has 0 aliphatic rings. The maximum Gasteiger partial charge on any atom is 0.243 e. The second-order valence-corrected chi connectivity index (χ2v) is 21.9. The SMILES string of the molecule is CC(=O)NC(Cc1ccccc1)C(=O)NC(CCC(N)=O)C(=O)N[C@@H](Cc1c[nH]c2ccccc12)C(=O)NC(C)C(=O)N[C@H](C(=O)NCC(=O)N[C@@H](Cc1c[nH]cn1)C(=O)NC(CC(C)C)[C@@H](O)CC(=O)N[C@@H](CC(C)C)C(N)=O)C(C)C. The Morgan fingerprint density at radius 2 is 1.18 bits per heavy atom. The number of aromatic amines is 2. The lowest BCUT2D eigenvalue weighted by atomic mass is 9.96. The lowest BCUT2D eigenvalue weighted by molar-refractivity contribution is -0.135. The van der Waals surface area contributed by atoms with Gasteiger partial charge < -0.3 is 74.4 Å². The molecule has 2 aromatic carbocycles. The molecule has 26 nitrogen and oxygen atoms in total. The van der Waals surface area contributed by atoms with E-state index in [-0.39, 0.29) is 56.8 Å². The minimum Gasteiger partial charge on any atom is -0.390 e. The monoisotopic (exact) mass is 1150 g/mol. The number of rotatable bonds is 34. The third-order valence-corrected chi connectivity index (χ3v) is 13.4. The molecule has 4 unspecified atom stereocenters. The maximum atomic E-state index is 14.3. The van der Waals surface area contributed by atoms with Crippen LogP contribution < -0.4 is 59.3 Å². The van der Waals surface area contributed by atoms with Gasteiger partial charge in [0.15, 0.2) is 0 Å². The van der Waals surface area contributed by atoms with Crippen LogP contribution in [0.15, 0.2) is 73.3 Å². The number of aromatic nitrogens is 3. The summed E-state index contributed by atoms with van der Waals surface area (Å²) < 4.78 is 0. The number of amides is 11. The fourth-order valence-electron chi connectivity index (χ4n) is 9.08. The first-order valence-electron chi connectivity index (χ1n) is 27.7. The number of primary amides is 2. The summed E-state index contributed by atoms with van der Waals surface area (Å²) in [6.07, 6.45) is 2.34. The summed E-state index contributed by atoms with van der Waals surface area (Å²) in [5.41, 5.74) is 13.4. The number of H-pyrrole nitrogens is 2. The average Bonchev–Trinajstić information content (AvgIpc) is 4.26. The van der Waals surface area contributed by atoms with Crippen molar-refractivity contribution in [3.05, 3.63) is 90.1 Å². The number of aliphatic hydroxyl groups is 1. The van der Waals surface area contributed by atoms with Gasteiger partial charge in [0.05, 0.1) is 37.1 Å². The molecule has 83 heavy (non-hydrogen) atoms. The molecule has 16 N–H and O–H groups in total. The van der Waals surface area contributed by atoms with Gasteiger partial charge in [-0.05, 0) is 61.1 Å². The molecule has 452 valence electrons. The lowest BCUT2D eigenvalue weighted by Crippen LogP contribution is -2.60. The molecule has 0 saturated carbocycles. The predicted molar refractivity (Wildman–Crippen MR) is 306 cm³/mol. The number of nitrogens with two attached hydrogens (primary N) is 2. The van der Waals surface area contributed by atoms with Crippen molar-refractivity contribution in [1.82, 2.24) is 62.8 Å². The van der Waals surface area contributed by atoms with Crippen LogP contribution >= 0.6 is 0 Å². The van der Waals surface area contributed by atoms with Gasteiger partial charge in [0.2, 0.25) is 65.0 Å². The zero-order chi connectivity index (χ0) is 61.5. The molecule has 0 radical (unpaired) electrons. The summed E-state index contributed by atoms with van der Waals surface area (Å²) in [5.74, 6) is -8.94. The first kappa shape index (κ1) is 66.8. The Kier molecular flexibility index (Phi) is 26.3. The summed E-state index contributed by atoms with van der Waals surface area (Å²) >= 11 is 0. The Morgan fingerprint density at radius 3 is 1.80 bits per heavy atom. The molecule has 0 saturated heterocycles. The van der Waals surface area contributed by atoms with Crippen LogP contribution in [0, 0.1) is 17.8 Å². The van der Waals surface area contributed by atoms with Crippen molar-refractivity contribution in [3.63, 3.8) is 0 Å². The predicted octanol–water partition coefficient (Wildman–Crippen LogP) is -0.797. The second kappa shape index (κ2) is 32.7. The van der Waals surface area contributed by atoms with Gasteiger partial charge in [-0.3, -0.25) is 52.7 Å². The normalized spacial score (nSPS) is 14.6. The fourth-order valence-corrected chi connectivity index (χ4v) is 9.08. The first-order valence-corrected chi connectivity index (χ1v) is 27.7. The molecule has 0 bridgehead atoms. The summed E-state index contributed by atoms with van der Waals surface area (Å²) in [7, 11) is 0. The zero-order valence-electron chi connectivity index (χ0n) is 48.3. The van der Waals surface area contributed by atoms with Crippen molar-refractivity contribution in [2.75, 3.05) is 6.54 Å². The minimum absolute atomic E-state index is 0.0292.